The Morgan fingerprint density at radius 1 is 1.11 bits per heavy atom. The second-order valence-electron chi connectivity index (χ2n) is 6.49. The Morgan fingerprint density at radius 2 is 1.70 bits per heavy atom. The molecule has 0 bridgehead atoms. The molecule has 2 aromatic rings. The Morgan fingerprint density at radius 3 is 2.26 bits per heavy atom. The molecule has 0 unspecified atom stereocenters. The van der Waals surface area contributed by atoms with E-state index in [-0.39, 0.29) is 12.5 Å². The first kappa shape index (κ1) is 21.3. The lowest BCUT2D eigenvalue weighted by molar-refractivity contribution is -0.114. The van der Waals surface area contributed by atoms with Crippen molar-refractivity contribution in [3.8, 4) is 0 Å². The molecule has 2 aromatic carbocycles. The summed E-state index contributed by atoms with van der Waals surface area (Å²) in [5, 5.41) is 2.85. The van der Waals surface area contributed by atoms with Crippen molar-refractivity contribution in [2.24, 2.45) is 0 Å². The first-order valence-corrected chi connectivity index (χ1v) is 11.5. The number of thioether (sulfide) groups is 1. The molecule has 7 heteroatoms. The van der Waals surface area contributed by atoms with Crippen LogP contribution in [0.15, 0.2) is 41.3 Å². The van der Waals surface area contributed by atoms with Crippen molar-refractivity contribution < 1.29 is 13.2 Å². The van der Waals surface area contributed by atoms with E-state index in [9.17, 15) is 13.2 Å². The summed E-state index contributed by atoms with van der Waals surface area (Å²) in [6.07, 6.45) is 1.12. The summed E-state index contributed by atoms with van der Waals surface area (Å²) in [5.41, 5.74) is 3.96. The number of aryl methyl sites for hydroxylation is 3. The van der Waals surface area contributed by atoms with Crippen LogP contribution in [-0.4, -0.2) is 32.9 Å². The molecule has 27 heavy (non-hydrogen) atoms. The van der Waals surface area contributed by atoms with Crippen LogP contribution >= 0.6 is 11.8 Å². The Balaban J connectivity index is 2.32. The molecule has 0 radical (unpaired) electrons. The quantitative estimate of drug-likeness (QED) is 0.702. The van der Waals surface area contributed by atoms with Crippen LogP contribution in [-0.2, 0) is 14.8 Å². The lowest BCUT2D eigenvalue weighted by atomic mass is 10.1. The van der Waals surface area contributed by atoms with Crippen LogP contribution in [0.3, 0.4) is 0 Å². The van der Waals surface area contributed by atoms with Crippen LogP contribution in [0.5, 0.6) is 0 Å². The first-order chi connectivity index (χ1) is 12.6. The third kappa shape index (κ3) is 5.49. The van der Waals surface area contributed by atoms with Gasteiger partial charge in [-0.2, -0.15) is 0 Å². The van der Waals surface area contributed by atoms with E-state index in [2.05, 4.69) is 5.32 Å². The lowest BCUT2D eigenvalue weighted by Crippen LogP contribution is -2.38. The average molecular weight is 407 g/mol. The maximum atomic E-state index is 12.7. The van der Waals surface area contributed by atoms with Gasteiger partial charge in [0.1, 0.15) is 6.54 Å². The van der Waals surface area contributed by atoms with E-state index in [0.29, 0.717) is 11.4 Å². The molecule has 0 spiro atoms. The minimum Gasteiger partial charge on any atom is -0.323 e. The summed E-state index contributed by atoms with van der Waals surface area (Å²) in [6, 6.07) is 11.4. The molecule has 1 N–H and O–H groups in total. The molecule has 146 valence electrons. The number of para-hydroxylation sites is 1. The summed E-state index contributed by atoms with van der Waals surface area (Å²) in [6.45, 7) is 7.45. The maximum absolute atomic E-state index is 12.7. The van der Waals surface area contributed by atoms with E-state index >= 15 is 0 Å². The number of sulfonamides is 1. The molecule has 0 saturated heterocycles. The topological polar surface area (TPSA) is 66.5 Å². The summed E-state index contributed by atoms with van der Waals surface area (Å²) in [4.78, 5) is 13.6. The van der Waals surface area contributed by atoms with Gasteiger partial charge in [-0.05, 0) is 49.8 Å². The van der Waals surface area contributed by atoms with E-state index in [1.165, 1.54) is 4.31 Å². The molecule has 0 saturated carbocycles. The van der Waals surface area contributed by atoms with Gasteiger partial charge in [-0.15, -0.1) is 11.8 Å². The number of nitrogens with zero attached hydrogens (tertiary/aromatic N) is 1. The number of hydrogen-bond donors (Lipinski definition) is 1. The highest BCUT2D eigenvalue weighted by atomic mass is 32.2. The molecule has 0 aliphatic heterocycles. The number of amides is 1. The van der Waals surface area contributed by atoms with Gasteiger partial charge < -0.3 is 5.32 Å². The number of anilines is 2. The number of nitrogens with one attached hydrogen (secondary N) is 1. The fourth-order valence-corrected chi connectivity index (χ4v) is 4.83. The zero-order valence-corrected chi connectivity index (χ0v) is 18.0. The highest BCUT2D eigenvalue weighted by Gasteiger charge is 2.24. The van der Waals surface area contributed by atoms with Gasteiger partial charge in [-0.25, -0.2) is 8.42 Å². The van der Waals surface area contributed by atoms with Crippen LogP contribution in [0.1, 0.15) is 23.6 Å². The van der Waals surface area contributed by atoms with E-state index in [0.717, 1.165) is 33.6 Å². The molecule has 0 aliphatic carbocycles. The van der Waals surface area contributed by atoms with Gasteiger partial charge in [0, 0.05) is 4.90 Å². The molecular formula is C20H26N2O3S2. The third-order valence-electron chi connectivity index (χ3n) is 4.03. The summed E-state index contributed by atoms with van der Waals surface area (Å²) in [5.74, 6) is 0.508. The smallest absolute Gasteiger partial charge is 0.245 e. The van der Waals surface area contributed by atoms with Crippen LogP contribution in [0.2, 0.25) is 0 Å². The lowest BCUT2D eigenvalue weighted by Gasteiger charge is -2.26. The van der Waals surface area contributed by atoms with E-state index in [4.69, 9.17) is 0 Å². The van der Waals surface area contributed by atoms with Crippen LogP contribution in [0, 0.1) is 20.8 Å². The number of benzene rings is 2. The summed E-state index contributed by atoms with van der Waals surface area (Å²) in [7, 11) is -3.62. The Labute approximate surface area is 166 Å². The van der Waals surface area contributed by atoms with Gasteiger partial charge in [0.05, 0.1) is 17.6 Å². The van der Waals surface area contributed by atoms with Gasteiger partial charge in [0.25, 0.3) is 0 Å². The normalized spacial score (nSPS) is 11.3. The minimum absolute atomic E-state index is 0.269. The number of carbonyl (C=O) groups is 1. The number of rotatable bonds is 7. The molecular weight excluding hydrogens is 380 g/mol. The summed E-state index contributed by atoms with van der Waals surface area (Å²) >= 11 is 1.62. The molecule has 0 heterocycles. The SMILES string of the molecule is CCSc1ccccc1NC(=O)CN(c1c(C)cc(C)cc1C)S(C)(=O)=O. The largest absolute Gasteiger partial charge is 0.323 e. The second-order valence-corrected chi connectivity index (χ2v) is 9.71. The Kier molecular flexibility index (Phi) is 6.95. The minimum atomic E-state index is -3.62. The van der Waals surface area contributed by atoms with E-state index in [1.54, 1.807) is 11.8 Å². The van der Waals surface area contributed by atoms with Crippen LogP contribution in [0.25, 0.3) is 0 Å². The van der Waals surface area contributed by atoms with Crippen LogP contribution < -0.4 is 9.62 Å². The van der Waals surface area contributed by atoms with Crippen molar-refractivity contribution in [2.45, 2.75) is 32.6 Å². The van der Waals surface area contributed by atoms with Gasteiger partial charge >= 0.3 is 0 Å². The van der Waals surface area contributed by atoms with Crippen molar-refractivity contribution in [2.75, 3.05) is 28.2 Å². The molecule has 0 aromatic heterocycles. The highest BCUT2D eigenvalue weighted by Crippen LogP contribution is 2.29. The van der Waals surface area contributed by atoms with Crippen molar-refractivity contribution in [3.05, 3.63) is 53.1 Å². The van der Waals surface area contributed by atoms with Gasteiger partial charge in [-0.3, -0.25) is 9.10 Å². The van der Waals surface area contributed by atoms with Crippen molar-refractivity contribution >= 4 is 39.1 Å². The average Bonchev–Trinajstić information content (AvgIpc) is 2.54. The van der Waals surface area contributed by atoms with Crippen molar-refractivity contribution in [3.63, 3.8) is 0 Å². The standard InChI is InChI=1S/C20H26N2O3S2/c1-6-26-18-10-8-7-9-17(18)21-19(23)13-22(27(5,24)25)20-15(3)11-14(2)12-16(20)4/h7-12H,6,13H2,1-5H3,(H,21,23). The fourth-order valence-electron chi connectivity index (χ4n) is 3.10. The van der Waals surface area contributed by atoms with Crippen molar-refractivity contribution in [1.29, 1.82) is 0 Å². The Bertz CT molecular complexity index is 917. The van der Waals surface area contributed by atoms with Gasteiger partial charge in [0.2, 0.25) is 15.9 Å². The Hall–Kier alpha value is -1.99. The van der Waals surface area contributed by atoms with E-state index in [1.807, 2.05) is 64.1 Å². The molecule has 5 nitrogen and oxygen atoms in total. The first-order valence-electron chi connectivity index (χ1n) is 8.70. The molecule has 1 amide bonds. The summed E-state index contributed by atoms with van der Waals surface area (Å²) < 4.78 is 26.0. The van der Waals surface area contributed by atoms with E-state index < -0.39 is 10.0 Å². The molecule has 2 rings (SSSR count). The highest BCUT2D eigenvalue weighted by molar-refractivity contribution is 7.99. The molecule has 0 atom stereocenters. The zero-order valence-electron chi connectivity index (χ0n) is 16.4. The van der Waals surface area contributed by atoms with Crippen molar-refractivity contribution in [1.82, 2.24) is 0 Å². The molecule has 0 fully saturated rings. The van der Waals surface area contributed by atoms with Gasteiger partial charge in [0.15, 0.2) is 0 Å². The monoisotopic (exact) mass is 406 g/mol. The zero-order chi connectivity index (χ0) is 20.2. The van der Waals surface area contributed by atoms with Crippen LogP contribution in [0.4, 0.5) is 11.4 Å². The number of hydrogen-bond acceptors (Lipinski definition) is 4. The number of carbonyl (C=O) groups excluding carboxylic acids is 1. The molecule has 0 aliphatic rings. The third-order valence-corrected chi connectivity index (χ3v) is 6.10. The predicted molar refractivity (Wildman–Crippen MR) is 114 cm³/mol. The van der Waals surface area contributed by atoms with Gasteiger partial charge in [-0.1, -0.05) is 36.8 Å². The fraction of sp³-hybridized carbons (Fsp3) is 0.350. The predicted octanol–water partition coefficient (Wildman–Crippen LogP) is 4.13. The second kappa shape index (κ2) is 8.80. The maximum Gasteiger partial charge on any atom is 0.245 e.